The number of amides is 1. The molecule has 1 fully saturated rings. The van der Waals surface area contributed by atoms with Gasteiger partial charge in [-0.15, -0.1) is 0 Å². The van der Waals surface area contributed by atoms with Crippen LogP contribution in [0.15, 0.2) is 24.3 Å². The molecule has 1 aromatic carbocycles. The van der Waals surface area contributed by atoms with E-state index in [0.29, 0.717) is 12.2 Å². The molecular weight excluding hydrogens is 284 g/mol. The Hall–Kier alpha value is -2.15. The third-order valence-corrected chi connectivity index (χ3v) is 3.79. The molecule has 120 valence electrons. The third kappa shape index (κ3) is 3.94. The summed E-state index contributed by atoms with van der Waals surface area (Å²) in [7, 11) is 0. The van der Waals surface area contributed by atoms with Crippen LogP contribution < -0.4 is 10.6 Å². The van der Waals surface area contributed by atoms with E-state index in [1.54, 1.807) is 18.2 Å². The Kier molecular flexibility index (Phi) is 5.71. The van der Waals surface area contributed by atoms with Crippen molar-refractivity contribution < 1.29 is 9.72 Å². The first-order valence-electron chi connectivity index (χ1n) is 7.61. The summed E-state index contributed by atoms with van der Waals surface area (Å²) >= 11 is 0. The molecule has 0 bridgehead atoms. The Bertz CT molecular complexity index is 529. The Morgan fingerprint density at radius 1 is 1.50 bits per heavy atom. The van der Waals surface area contributed by atoms with Gasteiger partial charge in [0.1, 0.15) is 5.69 Å². The molecule has 1 aliphatic heterocycles. The minimum absolute atomic E-state index is 0.0140. The average Bonchev–Trinajstić information content (AvgIpc) is 3.04. The lowest BCUT2D eigenvalue weighted by Gasteiger charge is -2.28. The van der Waals surface area contributed by atoms with Crippen molar-refractivity contribution in [3.05, 3.63) is 34.4 Å². The standard InChI is InChI=1S/C15H22N4O3/c1-2-9-18(12-7-8-16-10-12)15(20)11-17-13-5-3-4-6-14(13)19(21)22/h3-6,12,16-17H,2,7-11H2,1H3. The number of hydrogen-bond donors (Lipinski definition) is 2. The Labute approximate surface area is 129 Å². The molecule has 0 radical (unpaired) electrons. The monoisotopic (exact) mass is 306 g/mol. The summed E-state index contributed by atoms with van der Waals surface area (Å²) in [6.45, 7) is 4.57. The second-order valence-electron chi connectivity index (χ2n) is 5.36. The van der Waals surface area contributed by atoms with Gasteiger partial charge in [-0.05, 0) is 25.5 Å². The van der Waals surface area contributed by atoms with E-state index in [0.717, 1.165) is 25.9 Å². The lowest BCUT2D eigenvalue weighted by Crippen LogP contribution is -2.44. The molecule has 0 aliphatic carbocycles. The van der Waals surface area contributed by atoms with Crippen LogP contribution in [-0.4, -0.2) is 48.0 Å². The third-order valence-electron chi connectivity index (χ3n) is 3.79. The molecular formula is C15H22N4O3. The van der Waals surface area contributed by atoms with Gasteiger partial charge in [-0.2, -0.15) is 0 Å². The zero-order valence-electron chi connectivity index (χ0n) is 12.7. The molecule has 0 spiro atoms. The van der Waals surface area contributed by atoms with Crippen LogP contribution in [0.5, 0.6) is 0 Å². The highest BCUT2D eigenvalue weighted by atomic mass is 16.6. The van der Waals surface area contributed by atoms with Crippen molar-refractivity contribution in [2.24, 2.45) is 0 Å². The van der Waals surface area contributed by atoms with E-state index in [-0.39, 0.29) is 24.2 Å². The van der Waals surface area contributed by atoms with Gasteiger partial charge in [0.15, 0.2) is 0 Å². The van der Waals surface area contributed by atoms with Gasteiger partial charge in [-0.3, -0.25) is 14.9 Å². The number of nitrogens with one attached hydrogen (secondary N) is 2. The lowest BCUT2D eigenvalue weighted by atomic mass is 10.2. The molecule has 1 heterocycles. The van der Waals surface area contributed by atoms with Crippen LogP contribution in [0, 0.1) is 10.1 Å². The fourth-order valence-electron chi connectivity index (χ4n) is 2.71. The normalized spacial score (nSPS) is 17.2. The van der Waals surface area contributed by atoms with E-state index >= 15 is 0 Å². The zero-order valence-corrected chi connectivity index (χ0v) is 12.7. The van der Waals surface area contributed by atoms with Gasteiger partial charge in [-0.25, -0.2) is 0 Å². The average molecular weight is 306 g/mol. The number of hydrogen-bond acceptors (Lipinski definition) is 5. The van der Waals surface area contributed by atoms with Crippen LogP contribution in [0.1, 0.15) is 19.8 Å². The highest BCUT2D eigenvalue weighted by molar-refractivity contribution is 5.82. The second-order valence-corrected chi connectivity index (χ2v) is 5.36. The number of nitro groups is 1. The maximum Gasteiger partial charge on any atom is 0.292 e. The molecule has 1 aliphatic rings. The van der Waals surface area contributed by atoms with Crippen molar-refractivity contribution in [2.45, 2.75) is 25.8 Å². The summed E-state index contributed by atoms with van der Waals surface area (Å²) < 4.78 is 0. The quantitative estimate of drug-likeness (QED) is 0.590. The van der Waals surface area contributed by atoms with Gasteiger partial charge in [-0.1, -0.05) is 19.1 Å². The van der Waals surface area contributed by atoms with E-state index in [1.807, 2.05) is 11.8 Å². The van der Waals surface area contributed by atoms with E-state index in [1.165, 1.54) is 6.07 Å². The number of nitro benzene ring substituents is 1. The molecule has 7 nitrogen and oxygen atoms in total. The van der Waals surface area contributed by atoms with Gasteiger partial charge in [0.2, 0.25) is 5.91 Å². The Balaban J connectivity index is 2.00. The predicted octanol–water partition coefficient (Wildman–Crippen LogP) is 1.61. The van der Waals surface area contributed by atoms with Gasteiger partial charge >= 0.3 is 0 Å². The number of benzene rings is 1. The van der Waals surface area contributed by atoms with E-state index in [2.05, 4.69) is 10.6 Å². The highest BCUT2D eigenvalue weighted by Gasteiger charge is 2.25. The van der Waals surface area contributed by atoms with Crippen molar-refractivity contribution >= 4 is 17.3 Å². The number of anilines is 1. The first-order valence-corrected chi connectivity index (χ1v) is 7.61. The van der Waals surface area contributed by atoms with Crippen molar-refractivity contribution in [1.82, 2.24) is 10.2 Å². The lowest BCUT2D eigenvalue weighted by molar-refractivity contribution is -0.383. The first-order chi connectivity index (χ1) is 10.6. The molecule has 1 aromatic rings. The van der Waals surface area contributed by atoms with Gasteiger partial charge < -0.3 is 15.5 Å². The molecule has 2 rings (SSSR count). The van der Waals surface area contributed by atoms with Crippen LogP contribution >= 0.6 is 0 Å². The number of rotatable bonds is 7. The van der Waals surface area contributed by atoms with Crippen molar-refractivity contribution in [3.63, 3.8) is 0 Å². The van der Waals surface area contributed by atoms with Crippen molar-refractivity contribution in [2.75, 3.05) is 31.5 Å². The molecule has 0 aromatic heterocycles. The summed E-state index contributed by atoms with van der Waals surface area (Å²) in [5.41, 5.74) is 0.363. The SMILES string of the molecule is CCCN(C(=O)CNc1ccccc1[N+](=O)[O-])C1CCNC1. The largest absolute Gasteiger partial charge is 0.371 e. The molecule has 1 saturated heterocycles. The van der Waals surface area contributed by atoms with Gasteiger partial charge in [0.05, 0.1) is 11.5 Å². The zero-order chi connectivity index (χ0) is 15.9. The topological polar surface area (TPSA) is 87.5 Å². The Morgan fingerprint density at radius 2 is 2.27 bits per heavy atom. The number of carbonyl (C=O) groups excluding carboxylic acids is 1. The second kappa shape index (κ2) is 7.74. The first kappa shape index (κ1) is 16.2. The Morgan fingerprint density at radius 3 is 2.91 bits per heavy atom. The smallest absolute Gasteiger partial charge is 0.292 e. The molecule has 0 saturated carbocycles. The maximum absolute atomic E-state index is 12.4. The fraction of sp³-hybridized carbons (Fsp3) is 0.533. The van der Waals surface area contributed by atoms with Crippen LogP contribution in [0.2, 0.25) is 0 Å². The number of para-hydroxylation sites is 2. The van der Waals surface area contributed by atoms with Crippen LogP contribution in [0.3, 0.4) is 0 Å². The molecule has 22 heavy (non-hydrogen) atoms. The number of carbonyl (C=O) groups is 1. The molecule has 2 N–H and O–H groups in total. The number of nitrogens with zero attached hydrogens (tertiary/aromatic N) is 2. The van der Waals surface area contributed by atoms with E-state index in [9.17, 15) is 14.9 Å². The highest BCUT2D eigenvalue weighted by Crippen LogP contribution is 2.23. The van der Waals surface area contributed by atoms with Crippen molar-refractivity contribution in [3.8, 4) is 0 Å². The minimum Gasteiger partial charge on any atom is -0.371 e. The summed E-state index contributed by atoms with van der Waals surface area (Å²) in [4.78, 5) is 24.8. The van der Waals surface area contributed by atoms with E-state index < -0.39 is 4.92 Å². The fourth-order valence-corrected chi connectivity index (χ4v) is 2.71. The summed E-state index contributed by atoms with van der Waals surface area (Å²) in [6, 6.07) is 6.59. The van der Waals surface area contributed by atoms with Gasteiger partial charge in [0, 0.05) is 25.2 Å². The predicted molar refractivity (Wildman–Crippen MR) is 84.9 cm³/mol. The van der Waals surface area contributed by atoms with Crippen LogP contribution in [0.25, 0.3) is 0 Å². The summed E-state index contributed by atoms with van der Waals surface area (Å²) in [5.74, 6) is -0.0197. The van der Waals surface area contributed by atoms with E-state index in [4.69, 9.17) is 0 Å². The molecule has 7 heteroatoms. The van der Waals surface area contributed by atoms with Gasteiger partial charge in [0.25, 0.3) is 5.69 Å². The minimum atomic E-state index is -0.447. The maximum atomic E-state index is 12.4. The molecule has 1 atom stereocenters. The summed E-state index contributed by atoms with van der Waals surface area (Å²) in [6.07, 6.45) is 1.85. The molecule has 1 unspecified atom stereocenters. The molecule has 1 amide bonds. The van der Waals surface area contributed by atoms with Crippen LogP contribution in [0.4, 0.5) is 11.4 Å². The van der Waals surface area contributed by atoms with Crippen LogP contribution in [-0.2, 0) is 4.79 Å². The van der Waals surface area contributed by atoms with Crippen molar-refractivity contribution in [1.29, 1.82) is 0 Å². The summed E-state index contributed by atoms with van der Waals surface area (Å²) in [5, 5.41) is 17.1.